The molecular weight excluding hydrogens is 287 g/mol. The van der Waals surface area contributed by atoms with Crippen molar-refractivity contribution in [1.29, 1.82) is 0 Å². The fourth-order valence-electron chi connectivity index (χ4n) is 1.81. The number of furan rings is 1. The highest BCUT2D eigenvalue weighted by Crippen LogP contribution is 2.41. The van der Waals surface area contributed by atoms with Crippen LogP contribution in [0.2, 0.25) is 0 Å². The van der Waals surface area contributed by atoms with Crippen molar-refractivity contribution in [1.82, 2.24) is 0 Å². The fraction of sp³-hybridized carbons (Fsp3) is 0.286. The van der Waals surface area contributed by atoms with Gasteiger partial charge >= 0.3 is 6.18 Å². The Balaban J connectivity index is 2.39. The van der Waals surface area contributed by atoms with E-state index in [4.69, 9.17) is 10.2 Å². The summed E-state index contributed by atoms with van der Waals surface area (Å²) in [6.07, 6.45) is -2.49. The predicted octanol–water partition coefficient (Wildman–Crippen LogP) is 4.26. The topological polar surface area (TPSA) is 39.2 Å². The first-order chi connectivity index (χ1) is 9.41. The smallest absolute Gasteiger partial charge is 0.417 e. The molecule has 0 aliphatic carbocycles. The zero-order valence-corrected chi connectivity index (χ0v) is 11.6. The van der Waals surface area contributed by atoms with Crippen molar-refractivity contribution >= 4 is 11.8 Å². The number of halogens is 3. The Labute approximate surface area is 119 Å². The van der Waals surface area contributed by atoms with E-state index in [1.165, 1.54) is 18.4 Å². The highest BCUT2D eigenvalue weighted by atomic mass is 32.2. The van der Waals surface area contributed by atoms with Gasteiger partial charge in [0.15, 0.2) is 0 Å². The first-order valence-electron chi connectivity index (χ1n) is 6.04. The van der Waals surface area contributed by atoms with Crippen LogP contribution in [-0.4, -0.2) is 6.54 Å². The molecule has 2 aromatic rings. The Morgan fingerprint density at radius 2 is 1.95 bits per heavy atom. The molecule has 0 aliphatic heterocycles. The van der Waals surface area contributed by atoms with Gasteiger partial charge in [-0.15, -0.1) is 0 Å². The first-order valence-corrected chi connectivity index (χ1v) is 6.85. The highest BCUT2D eigenvalue weighted by Gasteiger charge is 2.34. The maximum atomic E-state index is 13.1. The summed E-state index contributed by atoms with van der Waals surface area (Å²) >= 11 is 1.06. The Morgan fingerprint density at radius 3 is 2.50 bits per heavy atom. The minimum Gasteiger partial charge on any atom is -0.468 e. The second-order valence-corrected chi connectivity index (χ2v) is 5.39. The third kappa shape index (κ3) is 3.37. The maximum Gasteiger partial charge on any atom is 0.417 e. The van der Waals surface area contributed by atoms with E-state index < -0.39 is 11.7 Å². The van der Waals surface area contributed by atoms with Crippen LogP contribution in [0.25, 0.3) is 0 Å². The summed E-state index contributed by atoms with van der Waals surface area (Å²) in [6, 6.07) is 6.00. The molecule has 6 heteroatoms. The molecule has 1 heterocycles. The van der Waals surface area contributed by atoms with Crippen molar-refractivity contribution in [2.45, 2.75) is 29.3 Å². The van der Waals surface area contributed by atoms with Crippen molar-refractivity contribution in [3.05, 3.63) is 47.4 Å². The van der Waals surface area contributed by atoms with E-state index in [2.05, 4.69) is 0 Å². The van der Waals surface area contributed by atoms with Gasteiger partial charge in [-0.25, -0.2) is 0 Å². The number of hydrogen-bond acceptors (Lipinski definition) is 3. The van der Waals surface area contributed by atoms with Crippen molar-refractivity contribution in [3.8, 4) is 0 Å². The van der Waals surface area contributed by atoms with Gasteiger partial charge in [0.25, 0.3) is 0 Å². The van der Waals surface area contributed by atoms with Crippen LogP contribution in [0.15, 0.2) is 44.7 Å². The molecule has 0 atom stereocenters. The molecule has 0 radical (unpaired) electrons. The Morgan fingerprint density at radius 1 is 1.20 bits per heavy atom. The standard InChI is InChI=1S/C14H14F3NOS/c1-9-12(5-7-19-9)20-13-3-2-10(4-6-18)8-11(13)14(15,16)17/h2-3,5,7-8H,4,6,18H2,1H3. The lowest BCUT2D eigenvalue weighted by Gasteiger charge is -2.13. The molecule has 0 fully saturated rings. The second-order valence-electron chi connectivity index (χ2n) is 4.31. The number of rotatable bonds is 4. The molecule has 2 nitrogen and oxygen atoms in total. The lowest BCUT2D eigenvalue weighted by molar-refractivity contribution is -0.139. The van der Waals surface area contributed by atoms with Gasteiger partial charge in [-0.3, -0.25) is 0 Å². The molecular formula is C14H14F3NOS. The van der Waals surface area contributed by atoms with Crippen LogP contribution < -0.4 is 5.73 Å². The minimum atomic E-state index is -4.38. The summed E-state index contributed by atoms with van der Waals surface area (Å²) in [6.45, 7) is 2.04. The maximum absolute atomic E-state index is 13.1. The van der Waals surface area contributed by atoms with Crippen molar-refractivity contribution in [3.63, 3.8) is 0 Å². The van der Waals surface area contributed by atoms with Gasteiger partial charge in [0.05, 0.1) is 16.7 Å². The molecule has 108 valence electrons. The summed E-state index contributed by atoms with van der Waals surface area (Å²) in [5.74, 6) is 0.606. The molecule has 1 aromatic heterocycles. The normalized spacial score (nSPS) is 11.8. The van der Waals surface area contributed by atoms with E-state index in [0.29, 0.717) is 29.2 Å². The van der Waals surface area contributed by atoms with Gasteiger partial charge in [-0.05, 0) is 43.7 Å². The van der Waals surface area contributed by atoms with Crippen LogP contribution in [0.5, 0.6) is 0 Å². The highest BCUT2D eigenvalue weighted by molar-refractivity contribution is 7.99. The van der Waals surface area contributed by atoms with Gasteiger partial charge in [0.2, 0.25) is 0 Å². The quantitative estimate of drug-likeness (QED) is 0.917. The van der Waals surface area contributed by atoms with Crippen LogP contribution in [0, 0.1) is 6.92 Å². The molecule has 1 aromatic carbocycles. The van der Waals surface area contributed by atoms with Crippen LogP contribution in [0.1, 0.15) is 16.9 Å². The molecule has 0 saturated heterocycles. The molecule has 0 aliphatic rings. The van der Waals surface area contributed by atoms with E-state index in [9.17, 15) is 13.2 Å². The average molecular weight is 301 g/mol. The summed E-state index contributed by atoms with van der Waals surface area (Å²) in [7, 11) is 0. The number of aryl methyl sites for hydroxylation is 1. The second kappa shape index (κ2) is 5.93. The molecule has 0 unspecified atom stereocenters. The zero-order valence-electron chi connectivity index (χ0n) is 10.8. The number of benzene rings is 1. The van der Waals surface area contributed by atoms with Crippen LogP contribution in [0.3, 0.4) is 0 Å². The zero-order chi connectivity index (χ0) is 14.8. The first kappa shape index (κ1) is 15.0. The lowest BCUT2D eigenvalue weighted by Crippen LogP contribution is -2.09. The lowest BCUT2D eigenvalue weighted by atomic mass is 10.1. The Hall–Kier alpha value is -1.40. The number of nitrogens with two attached hydrogens (primary N) is 1. The van der Waals surface area contributed by atoms with E-state index in [1.807, 2.05) is 0 Å². The molecule has 20 heavy (non-hydrogen) atoms. The Kier molecular flexibility index (Phi) is 4.45. The van der Waals surface area contributed by atoms with Crippen LogP contribution in [-0.2, 0) is 12.6 Å². The number of alkyl halides is 3. The fourth-order valence-corrected chi connectivity index (χ4v) is 2.78. The summed E-state index contributed by atoms with van der Waals surface area (Å²) in [5.41, 5.74) is 5.35. The molecule has 0 spiro atoms. The van der Waals surface area contributed by atoms with Crippen LogP contribution in [0.4, 0.5) is 13.2 Å². The average Bonchev–Trinajstić information content (AvgIpc) is 2.76. The predicted molar refractivity (Wildman–Crippen MR) is 71.8 cm³/mol. The third-order valence-corrected chi connectivity index (χ3v) is 4.03. The Bertz CT molecular complexity index is 592. The van der Waals surface area contributed by atoms with Crippen molar-refractivity contribution < 1.29 is 17.6 Å². The van der Waals surface area contributed by atoms with Crippen molar-refractivity contribution in [2.24, 2.45) is 5.73 Å². The minimum absolute atomic E-state index is 0.169. The number of hydrogen-bond donors (Lipinski definition) is 1. The van der Waals surface area contributed by atoms with Gasteiger partial charge in [-0.2, -0.15) is 13.2 Å². The van der Waals surface area contributed by atoms with E-state index >= 15 is 0 Å². The summed E-state index contributed by atoms with van der Waals surface area (Å²) in [5, 5.41) is 0. The molecule has 2 N–H and O–H groups in total. The third-order valence-electron chi connectivity index (χ3n) is 2.81. The van der Waals surface area contributed by atoms with Crippen LogP contribution >= 0.6 is 11.8 Å². The van der Waals surface area contributed by atoms with Crippen molar-refractivity contribution in [2.75, 3.05) is 6.54 Å². The van der Waals surface area contributed by atoms with Gasteiger partial charge in [0.1, 0.15) is 5.76 Å². The van der Waals surface area contributed by atoms with E-state index in [0.717, 1.165) is 11.8 Å². The van der Waals surface area contributed by atoms with Gasteiger partial charge in [0, 0.05) is 4.90 Å². The molecule has 0 amide bonds. The SMILES string of the molecule is Cc1occc1Sc1ccc(CCN)cc1C(F)(F)F. The summed E-state index contributed by atoms with van der Waals surface area (Å²) < 4.78 is 44.5. The molecule has 0 bridgehead atoms. The van der Waals surface area contributed by atoms with E-state index in [-0.39, 0.29) is 4.90 Å². The summed E-state index contributed by atoms with van der Waals surface area (Å²) in [4.78, 5) is 0.852. The van der Waals surface area contributed by atoms with Gasteiger partial charge < -0.3 is 10.2 Å². The van der Waals surface area contributed by atoms with Gasteiger partial charge in [-0.1, -0.05) is 17.8 Å². The largest absolute Gasteiger partial charge is 0.468 e. The monoisotopic (exact) mass is 301 g/mol. The molecule has 0 saturated carbocycles. The molecule has 2 rings (SSSR count). The van der Waals surface area contributed by atoms with E-state index in [1.54, 1.807) is 19.1 Å².